The Balaban J connectivity index is 1.66. The highest BCUT2D eigenvalue weighted by Crippen LogP contribution is 2.21. The predicted molar refractivity (Wildman–Crippen MR) is 93.5 cm³/mol. The van der Waals surface area contributed by atoms with Crippen molar-refractivity contribution in [1.29, 1.82) is 0 Å². The van der Waals surface area contributed by atoms with E-state index in [0.29, 0.717) is 37.3 Å². The van der Waals surface area contributed by atoms with Gasteiger partial charge in [0.25, 0.3) is 5.91 Å². The number of carboxylic acid groups (broad SMARTS) is 1. The summed E-state index contributed by atoms with van der Waals surface area (Å²) in [6.45, 7) is 1.30. The Labute approximate surface area is 146 Å². The topological polar surface area (TPSA) is 66.8 Å². The van der Waals surface area contributed by atoms with E-state index in [2.05, 4.69) is 0 Å². The van der Waals surface area contributed by atoms with Gasteiger partial charge in [-0.1, -0.05) is 36.4 Å². The Kier molecular flexibility index (Phi) is 5.33. The van der Waals surface area contributed by atoms with Crippen molar-refractivity contribution in [3.8, 4) is 5.75 Å². The molecule has 25 heavy (non-hydrogen) atoms. The zero-order valence-electron chi connectivity index (χ0n) is 13.9. The van der Waals surface area contributed by atoms with Crippen LogP contribution in [0, 0.1) is 5.92 Å². The molecule has 1 aliphatic heterocycles. The number of nitrogens with zero attached hydrogens (tertiary/aromatic N) is 1. The van der Waals surface area contributed by atoms with Gasteiger partial charge >= 0.3 is 5.97 Å². The van der Waals surface area contributed by atoms with Crippen LogP contribution in [0.3, 0.4) is 0 Å². The first-order valence-electron chi connectivity index (χ1n) is 8.42. The number of amides is 1. The monoisotopic (exact) mass is 339 g/mol. The number of carbonyl (C=O) groups is 2. The van der Waals surface area contributed by atoms with Crippen LogP contribution in [0.4, 0.5) is 0 Å². The zero-order valence-corrected chi connectivity index (χ0v) is 13.9. The number of carbonyl (C=O) groups excluding carboxylic acids is 1. The number of rotatable bonds is 5. The smallest absolute Gasteiger partial charge is 0.308 e. The molecule has 2 aromatic rings. The first-order valence-corrected chi connectivity index (χ1v) is 8.42. The molecule has 0 aromatic heterocycles. The van der Waals surface area contributed by atoms with Gasteiger partial charge in [0.2, 0.25) is 0 Å². The van der Waals surface area contributed by atoms with Gasteiger partial charge in [0.15, 0.2) is 0 Å². The van der Waals surface area contributed by atoms with Crippen LogP contribution in [-0.4, -0.2) is 35.0 Å². The maximum Gasteiger partial charge on any atom is 0.308 e. The highest BCUT2D eigenvalue weighted by atomic mass is 16.5. The van der Waals surface area contributed by atoms with Crippen LogP contribution in [0.5, 0.6) is 5.75 Å². The molecule has 1 N–H and O–H groups in total. The molecule has 5 nitrogen and oxygen atoms in total. The summed E-state index contributed by atoms with van der Waals surface area (Å²) in [5.41, 5.74) is 1.58. The summed E-state index contributed by atoms with van der Waals surface area (Å²) in [5, 5.41) is 9.17. The van der Waals surface area contributed by atoms with Crippen molar-refractivity contribution in [3.05, 3.63) is 65.7 Å². The molecule has 1 heterocycles. The summed E-state index contributed by atoms with van der Waals surface area (Å²) in [6.07, 6.45) is 1.34. The van der Waals surface area contributed by atoms with Crippen LogP contribution < -0.4 is 4.74 Å². The molecule has 0 saturated carbocycles. The number of likely N-dealkylation sites (tertiary alicyclic amines) is 1. The van der Waals surface area contributed by atoms with Gasteiger partial charge in [0, 0.05) is 18.7 Å². The molecule has 1 unspecified atom stereocenters. The maximum atomic E-state index is 12.7. The molecule has 0 aliphatic carbocycles. The second kappa shape index (κ2) is 7.83. The van der Waals surface area contributed by atoms with E-state index >= 15 is 0 Å². The molecule has 130 valence electrons. The largest absolute Gasteiger partial charge is 0.489 e. The number of aliphatic carboxylic acids is 1. The van der Waals surface area contributed by atoms with Gasteiger partial charge in [-0.2, -0.15) is 0 Å². The Morgan fingerprint density at radius 2 is 1.92 bits per heavy atom. The molecule has 1 atom stereocenters. The van der Waals surface area contributed by atoms with Gasteiger partial charge in [-0.25, -0.2) is 0 Å². The van der Waals surface area contributed by atoms with E-state index in [1.165, 1.54) is 0 Å². The Morgan fingerprint density at radius 1 is 1.12 bits per heavy atom. The molecule has 1 amide bonds. The molecule has 0 spiro atoms. The second-order valence-electron chi connectivity index (χ2n) is 6.23. The van der Waals surface area contributed by atoms with E-state index in [4.69, 9.17) is 4.74 Å². The summed E-state index contributed by atoms with van der Waals surface area (Å²) < 4.78 is 5.76. The average Bonchev–Trinajstić information content (AvgIpc) is 2.67. The van der Waals surface area contributed by atoms with E-state index in [1.54, 1.807) is 23.1 Å². The van der Waals surface area contributed by atoms with Crippen LogP contribution in [0.1, 0.15) is 28.8 Å². The van der Waals surface area contributed by atoms with Crippen LogP contribution in [0.15, 0.2) is 54.6 Å². The zero-order chi connectivity index (χ0) is 17.6. The minimum absolute atomic E-state index is 0.142. The predicted octanol–water partition coefficient (Wildman–Crippen LogP) is 3.20. The van der Waals surface area contributed by atoms with Crippen molar-refractivity contribution in [1.82, 2.24) is 4.90 Å². The second-order valence-corrected chi connectivity index (χ2v) is 6.23. The summed E-state index contributed by atoms with van der Waals surface area (Å²) in [7, 11) is 0. The van der Waals surface area contributed by atoms with E-state index in [9.17, 15) is 14.7 Å². The SMILES string of the molecule is O=C(O)C1CCCN(C(=O)c2cccc(OCc3ccccc3)c2)C1. The van der Waals surface area contributed by atoms with E-state index in [-0.39, 0.29) is 12.5 Å². The fraction of sp³-hybridized carbons (Fsp3) is 0.300. The van der Waals surface area contributed by atoms with E-state index < -0.39 is 11.9 Å². The normalized spacial score (nSPS) is 17.1. The summed E-state index contributed by atoms with van der Waals surface area (Å²) in [5.74, 6) is -0.828. The molecular weight excluding hydrogens is 318 g/mol. The summed E-state index contributed by atoms with van der Waals surface area (Å²) in [4.78, 5) is 25.5. The molecule has 1 saturated heterocycles. The number of ether oxygens (including phenoxy) is 1. The third kappa shape index (κ3) is 4.38. The maximum absolute atomic E-state index is 12.7. The molecule has 0 bridgehead atoms. The lowest BCUT2D eigenvalue weighted by atomic mass is 9.97. The van der Waals surface area contributed by atoms with Gasteiger partial charge < -0.3 is 14.7 Å². The average molecular weight is 339 g/mol. The minimum atomic E-state index is -0.836. The Hall–Kier alpha value is -2.82. The van der Waals surface area contributed by atoms with Gasteiger partial charge in [-0.3, -0.25) is 9.59 Å². The molecule has 0 radical (unpaired) electrons. The minimum Gasteiger partial charge on any atom is -0.489 e. The number of benzene rings is 2. The fourth-order valence-corrected chi connectivity index (χ4v) is 3.01. The summed E-state index contributed by atoms with van der Waals surface area (Å²) >= 11 is 0. The van der Waals surface area contributed by atoms with Gasteiger partial charge in [0.1, 0.15) is 12.4 Å². The molecule has 5 heteroatoms. The Morgan fingerprint density at radius 3 is 2.68 bits per heavy atom. The number of hydrogen-bond acceptors (Lipinski definition) is 3. The number of hydrogen-bond donors (Lipinski definition) is 1. The highest BCUT2D eigenvalue weighted by molar-refractivity contribution is 5.95. The summed E-state index contributed by atoms with van der Waals surface area (Å²) in [6, 6.07) is 16.9. The fourth-order valence-electron chi connectivity index (χ4n) is 3.01. The van der Waals surface area contributed by atoms with Gasteiger partial charge in [-0.15, -0.1) is 0 Å². The van der Waals surface area contributed by atoms with Crippen LogP contribution >= 0.6 is 0 Å². The van der Waals surface area contributed by atoms with E-state index in [1.807, 2.05) is 36.4 Å². The molecule has 3 rings (SSSR count). The van der Waals surface area contributed by atoms with Crippen molar-refractivity contribution in [2.45, 2.75) is 19.4 Å². The lowest BCUT2D eigenvalue weighted by Gasteiger charge is -2.30. The lowest BCUT2D eigenvalue weighted by Crippen LogP contribution is -2.42. The van der Waals surface area contributed by atoms with Crippen LogP contribution in [-0.2, 0) is 11.4 Å². The molecule has 2 aromatic carbocycles. The van der Waals surface area contributed by atoms with Crippen molar-refractivity contribution in [2.24, 2.45) is 5.92 Å². The quantitative estimate of drug-likeness (QED) is 0.908. The van der Waals surface area contributed by atoms with Crippen molar-refractivity contribution >= 4 is 11.9 Å². The van der Waals surface area contributed by atoms with Crippen molar-refractivity contribution < 1.29 is 19.4 Å². The van der Waals surface area contributed by atoms with Crippen molar-refractivity contribution in [2.75, 3.05) is 13.1 Å². The van der Waals surface area contributed by atoms with E-state index in [0.717, 1.165) is 5.56 Å². The van der Waals surface area contributed by atoms with Gasteiger partial charge in [0.05, 0.1) is 5.92 Å². The first kappa shape index (κ1) is 17.0. The van der Waals surface area contributed by atoms with Gasteiger partial charge in [-0.05, 0) is 36.6 Å². The standard InChI is InChI=1S/C20H21NO4/c22-19(21-11-5-9-17(13-21)20(23)24)16-8-4-10-18(12-16)25-14-15-6-2-1-3-7-15/h1-4,6-8,10,12,17H,5,9,11,13-14H2,(H,23,24). The molecule has 1 aliphatic rings. The molecule has 1 fully saturated rings. The van der Waals surface area contributed by atoms with Crippen molar-refractivity contribution in [3.63, 3.8) is 0 Å². The lowest BCUT2D eigenvalue weighted by molar-refractivity contribution is -0.143. The third-order valence-electron chi connectivity index (χ3n) is 4.39. The third-order valence-corrected chi connectivity index (χ3v) is 4.39. The van der Waals surface area contributed by atoms with Crippen LogP contribution in [0.2, 0.25) is 0 Å². The number of carboxylic acids is 1. The Bertz CT molecular complexity index is 744. The first-order chi connectivity index (χ1) is 12.1. The highest BCUT2D eigenvalue weighted by Gasteiger charge is 2.28. The number of piperidine rings is 1. The molecular formula is C20H21NO4. The van der Waals surface area contributed by atoms with Crippen LogP contribution in [0.25, 0.3) is 0 Å².